The summed E-state index contributed by atoms with van der Waals surface area (Å²) in [5.41, 5.74) is 0. The lowest BCUT2D eigenvalue weighted by molar-refractivity contribution is 0.594. The fourth-order valence-corrected chi connectivity index (χ4v) is 3.61. The lowest BCUT2D eigenvalue weighted by Gasteiger charge is -2.04. The predicted octanol–water partition coefficient (Wildman–Crippen LogP) is 2.25. The summed E-state index contributed by atoms with van der Waals surface area (Å²) < 4.78 is 23.9. The SMILES string of the molecule is O=S(=O)(CCCCl)c1ccncc1Br. The van der Waals surface area contributed by atoms with Crippen molar-refractivity contribution in [2.24, 2.45) is 0 Å². The van der Waals surface area contributed by atoms with Crippen LogP contribution < -0.4 is 0 Å². The number of pyridine rings is 1. The molecule has 0 N–H and O–H groups in total. The van der Waals surface area contributed by atoms with Gasteiger partial charge in [0.15, 0.2) is 9.84 Å². The van der Waals surface area contributed by atoms with Crippen molar-refractivity contribution < 1.29 is 8.42 Å². The lowest BCUT2D eigenvalue weighted by atomic mass is 10.5. The van der Waals surface area contributed by atoms with E-state index >= 15 is 0 Å². The van der Waals surface area contributed by atoms with Gasteiger partial charge in [0, 0.05) is 18.3 Å². The minimum absolute atomic E-state index is 0.0686. The second-order valence-corrected chi connectivity index (χ2v) is 5.98. The quantitative estimate of drug-likeness (QED) is 0.801. The molecule has 0 amide bonds. The van der Waals surface area contributed by atoms with Gasteiger partial charge in [-0.25, -0.2) is 8.42 Å². The fraction of sp³-hybridized carbons (Fsp3) is 0.375. The van der Waals surface area contributed by atoms with Crippen molar-refractivity contribution in [2.75, 3.05) is 11.6 Å². The molecule has 0 fully saturated rings. The van der Waals surface area contributed by atoms with Crippen LogP contribution in [0.15, 0.2) is 27.8 Å². The van der Waals surface area contributed by atoms with E-state index in [4.69, 9.17) is 11.6 Å². The van der Waals surface area contributed by atoms with E-state index < -0.39 is 9.84 Å². The molecule has 1 aromatic heterocycles. The van der Waals surface area contributed by atoms with E-state index in [9.17, 15) is 8.42 Å². The second kappa shape index (κ2) is 5.09. The number of alkyl halides is 1. The Bertz CT molecular complexity index is 408. The van der Waals surface area contributed by atoms with Gasteiger partial charge in [-0.2, -0.15) is 0 Å². The van der Waals surface area contributed by atoms with Gasteiger partial charge in [0.2, 0.25) is 0 Å². The summed E-state index contributed by atoms with van der Waals surface area (Å²) in [6.45, 7) is 0. The summed E-state index contributed by atoms with van der Waals surface area (Å²) in [4.78, 5) is 4.08. The molecule has 0 bridgehead atoms. The van der Waals surface area contributed by atoms with Crippen LogP contribution in [0.4, 0.5) is 0 Å². The maximum Gasteiger partial charge on any atom is 0.179 e. The van der Waals surface area contributed by atoms with Gasteiger partial charge in [-0.05, 0) is 28.4 Å². The van der Waals surface area contributed by atoms with Crippen molar-refractivity contribution in [2.45, 2.75) is 11.3 Å². The first-order chi connectivity index (χ1) is 6.58. The minimum Gasteiger partial charge on any atom is -0.263 e. The molecule has 6 heteroatoms. The topological polar surface area (TPSA) is 47.0 Å². The molecule has 3 nitrogen and oxygen atoms in total. The zero-order chi connectivity index (χ0) is 10.6. The van der Waals surface area contributed by atoms with Gasteiger partial charge in [-0.15, -0.1) is 11.6 Å². The molecule has 1 rings (SSSR count). The van der Waals surface area contributed by atoms with Crippen molar-refractivity contribution in [1.29, 1.82) is 0 Å². The first-order valence-corrected chi connectivity index (χ1v) is 6.94. The predicted molar refractivity (Wildman–Crippen MR) is 59.3 cm³/mol. The molecule has 0 aliphatic rings. The van der Waals surface area contributed by atoms with E-state index in [1.165, 1.54) is 18.5 Å². The molecule has 0 spiro atoms. The summed E-state index contributed by atoms with van der Waals surface area (Å²) in [7, 11) is -3.22. The molecule has 0 aromatic carbocycles. The van der Waals surface area contributed by atoms with Crippen LogP contribution in [0.5, 0.6) is 0 Å². The van der Waals surface area contributed by atoms with Gasteiger partial charge in [0.05, 0.1) is 15.1 Å². The van der Waals surface area contributed by atoms with Crippen LogP contribution in [0.25, 0.3) is 0 Å². The summed E-state index contributed by atoms with van der Waals surface area (Å²) in [5, 5.41) is 0. The molecule has 1 heterocycles. The third-order valence-corrected chi connectivity index (χ3v) is 4.63. The third kappa shape index (κ3) is 2.93. The van der Waals surface area contributed by atoms with Crippen LogP contribution in [-0.2, 0) is 9.84 Å². The van der Waals surface area contributed by atoms with E-state index in [2.05, 4.69) is 20.9 Å². The van der Waals surface area contributed by atoms with E-state index in [0.717, 1.165) is 0 Å². The minimum atomic E-state index is -3.22. The molecule has 0 aliphatic carbocycles. The maximum atomic E-state index is 11.7. The Kier molecular flexibility index (Phi) is 4.34. The summed E-state index contributed by atoms with van der Waals surface area (Å²) in [5.74, 6) is 0.418. The van der Waals surface area contributed by atoms with Crippen LogP contribution in [-0.4, -0.2) is 25.0 Å². The Morgan fingerprint density at radius 2 is 2.21 bits per heavy atom. The standard InChI is InChI=1S/C8H9BrClNO2S/c9-7-6-11-4-2-8(7)14(12,13)5-1-3-10/h2,4,6H,1,3,5H2. The molecular weight excluding hydrogens is 290 g/mol. The second-order valence-electron chi connectivity index (χ2n) is 2.67. The largest absolute Gasteiger partial charge is 0.263 e. The highest BCUT2D eigenvalue weighted by Crippen LogP contribution is 2.21. The number of halogens is 2. The number of hydrogen-bond donors (Lipinski definition) is 0. The molecule has 0 atom stereocenters. The van der Waals surface area contributed by atoms with Crippen molar-refractivity contribution in [3.63, 3.8) is 0 Å². The first-order valence-electron chi connectivity index (χ1n) is 3.96. The zero-order valence-corrected chi connectivity index (χ0v) is 10.4. The highest BCUT2D eigenvalue weighted by atomic mass is 79.9. The maximum absolute atomic E-state index is 11.7. The summed E-state index contributed by atoms with van der Waals surface area (Å²) in [6, 6.07) is 1.48. The van der Waals surface area contributed by atoms with Gasteiger partial charge in [-0.3, -0.25) is 4.98 Å². The molecule has 1 aromatic rings. The van der Waals surface area contributed by atoms with Crippen LogP contribution >= 0.6 is 27.5 Å². The molecule has 0 saturated heterocycles. The fourth-order valence-electron chi connectivity index (χ4n) is 0.969. The Labute approximate surface area is 96.5 Å². The zero-order valence-electron chi connectivity index (χ0n) is 7.28. The molecule has 0 unspecified atom stereocenters. The number of hydrogen-bond acceptors (Lipinski definition) is 3. The molecule has 78 valence electrons. The Morgan fingerprint density at radius 1 is 1.50 bits per heavy atom. The Balaban J connectivity index is 2.99. The Hall–Kier alpha value is -0.130. The first kappa shape index (κ1) is 11.9. The number of nitrogens with zero attached hydrogens (tertiary/aromatic N) is 1. The van der Waals surface area contributed by atoms with Crippen LogP contribution in [0, 0.1) is 0 Å². The molecule has 0 radical (unpaired) electrons. The molecular formula is C8H9BrClNO2S. The van der Waals surface area contributed by atoms with Crippen molar-refractivity contribution >= 4 is 37.4 Å². The normalized spacial score (nSPS) is 11.6. The molecule has 14 heavy (non-hydrogen) atoms. The average molecular weight is 299 g/mol. The summed E-state index contributed by atoms with van der Waals surface area (Å²) >= 11 is 8.60. The highest BCUT2D eigenvalue weighted by molar-refractivity contribution is 9.10. The van der Waals surface area contributed by atoms with Crippen molar-refractivity contribution in [3.8, 4) is 0 Å². The van der Waals surface area contributed by atoms with Gasteiger partial charge < -0.3 is 0 Å². The van der Waals surface area contributed by atoms with Crippen LogP contribution in [0.3, 0.4) is 0 Å². The molecule has 0 saturated carbocycles. The third-order valence-electron chi connectivity index (χ3n) is 1.62. The van der Waals surface area contributed by atoms with Crippen molar-refractivity contribution in [1.82, 2.24) is 4.98 Å². The summed E-state index contributed by atoms with van der Waals surface area (Å²) in [6.07, 6.45) is 3.38. The van der Waals surface area contributed by atoms with E-state index in [1.807, 2.05) is 0 Å². The smallest absolute Gasteiger partial charge is 0.179 e. The van der Waals surface area contributed by atoms with E-state index in [-0.39, 0.29) is 10.6 Å². The van der Waals surface area contributed by atoms with Gasteiger partial charge in [0.25, 0.3) is 0 Å². The Morgan fingerprint density at radius 3 is 2.79 bits per heavy atom. The van der Waals surface area contributed by atoms with Gasteiger partial charge in [-0.1, -0.05) is 0 Å². The lowest BCUT2D eigenvalue weighted by Crippen LogP contribution is -2.08. The van der Waals surface area contributed by atoms with Gasteiger partial charge in [0.1, 0.15) is 0 Å². The van der Waals surface area contributed by atoms with Crippen LogP contribution in [0.2, 0.25) is 0 Å². The average Bonchev–Trinajstić information content (AvgIpc) is 2.15. The van der Waals surface area contributed by atoms with Gasteiger partial charge >= 0.3 is 0 Å². The van der Waals surface area contributed by atoms with Crippen LogP contribution in [0.1, 0.15) is 6.42 Å². The highest BCUT2D eigenvalue weighted by Gasteiger charge is 2.16. The van der Waals surface area contributed by atoms with Crippen molar-refractivity contribution in [3.05, 3.63) is 22.9 Å². The van der Waals surface area contributed by atoms with E-state index in [1.54, 1.807) is 0 Å². The molecule has 0 aliphatic heterocycles. The number of rotatable bonds is 4. The van der Waals surface area contributed by atoms with E-state index in [0.29, 0.717) is 16.8 Å². The monoisotopic (exact) mass is 297 g/mol. The number of sulfone groups is 1. The number of aromatic nitrogens is 1.